The van der Waals surface area contributed by atoms with Gasteiger partial charge in [-0.1, -0.05) is 13.8 Å². The van der Waals surface area contributed by atoms with Crippen LogP contribution in [0.3, 0.4) is 0 Å². The number of aromatic nitrogens is 2. The van der Waals surface area contributed by atoms with Gasteiger partial charge in [-0.2, -0.15) is 10.4 Å². The summed E-state index contributed by atoms with van der Waals surface area (Å²) in [5, 5.41) is 16.6. The van der Waals surface area contributed by atoms with E-state index in [1.165, 1.54) is 12.6 Å². The third-order valence-corrected chi connectivity index (χ3v) is 3.22. The summed E-state index contributed by atoms with van der Waals surface area (Å²) in [6, 6.07) is 3.72. The molecule has 0 amide bonds. The van der Waals surface area contributed by atoms with Gasteiger partial charge < -0.3 is 4.74 Å². The molecule has 1 aliphatic rings. The van der Waals surface area contributed by atoms with Crippen molar-refractivity contribution >= 4 is 0 Å². The number of nitrogens with zero attached hydrogens (tertiary/aromatic N) is 3. The van der Waals surface area contributed by atoms with Crippen LogP contribution in [0.1, 0.15) is 38.7 Å². The molecule has 1 fully saturated rings. The summed E-state index contributed by atoms with van der Waals surface area (Å²) in [6.45, 7) is 4.49. The Balaban J connectivity index is 2.08. The minimum atomic E-state index is 0.164. The fourth-order valence-electron chi connectivity index (χ4n) is 2.62. The van der Waals surface area contributed by atoms with E-state index in [2.05, 4.69) is 30.1 Å². The number of rotatable bonds is 2. The van der Waals surface area contributed by atoms with Gasteiger partial charge in [0.25, 0.3) is 5.88 Å². The predicted octanol–water partition coefficient (Wildman–Crippen LogP) is 2.55. The molecule has 2 atom stereocenters. The van der Waals surface area contributed by atoms with E-state index in [9.17, 15) is 0 Å². The van der Waals surface area contributed by atoms with Crippen LogP contribution >= 0.6 is 0 Å². The zero-order valence-corrected chi connectivity index (χ0v) is 10.3. The summed E-state index contributed by atoms with van der Waals surface area (Å²) in [6.07, 6.45) is 5.00. The van der Waals surface area contributed by atoms with Gasteiger partial charge in [0.05, 0.1) is 6.20 Å². The molecule has 1 heterocycles. The van der Waals surface area contributed by atoms with Crippen molar-refractivity contribution in [1.29, 1.82) is 5.26 Å². The van der Waals surface area contributed by atoms with Gasteiger partial charge in [0.2, 0.25) is 0 Å². The normalized spacial score (nSPS) is 28.4. The standard InChI is InChI=1S/C13H17N3O/c1-9-5-10(2)7-12(6-9)17-13-11(8-14)3-4-15-16-13/h3-4,9-10,12H,5-7H2,1-2H3. The van der Waals surface area contributed by atoms with Gasteiger partial charge in [0.1, 0.15) is 17.7 Å². The van der Waals surface area contributed by atoms with E-state index in [0.717, 1.165) is 12.8 Å². The molecule has 1 aliphatic carbocycles. The molecule has 1 aromatic rings. The first-order chi connectivity index (χ1) is 8.19. The van der Waals surface area contributed by atoms with Crippen LogP contribution in [-0.2, 0) is 0 Å². The second-order valence-corrected chi connectivity index (χ2v) is 5.02. The Kier molecular flexibility index (Phi) is 3.58. The minimum Gasteiger partial charge on any atom is -0.472 e. The lowest BCUT2D eigenvalue weighted by molar-refractivity contribution is 0.0954. The smallest absolute Gasteiger partial charge is 0.251 e. The summed E-state index contributed by atoms with van der Waals surface area (Å²) < 4.78 is 5.82. The molecule has 4 heteroatoms. The molecule has 4 nitrogen and oxygen atoms in total. The first kappa shape index (κ1) is 11.8. The topological polar surface area (TPSA) is 58.8 Å². The van der Waals surface area contributed by atoms with Crippen molar-refractivity contribution in [2.24, 2.45) is 11.8 Å². The predicted molar refractivity (Wildman–Crippen MR) is 63.3 cm³/mol. The molecule has 17 heavy (non-hydrogen) atoms. The van der Waals surface area contributed by atoms with Crippen molar-refractivity contribution in [3.05, 3.63) is 17.8 Å². The Morgan fingerprint density at radius 3 is 2.65 bits per heavy atom. The zero-order valence-electron chi connectivity index (χ0n) is 10.3. The van der Waals surface area contributed by atoms with Crippen LogP contribution < -0.4 is 4.74 Å². The Hall–Kier alpha value is -1.63. The summed E-state index contributed by atoms with van der Waals surface area (Å²) in [5.74, 6) is 1.72. The monoisotopic (exact) mass is 231 g/mol. The lowest BCUT2D eigenvalue weighted by Crippen LogP contribution is -2.29. The summed E-state index contributed by atoms with van der Waals surface area (Å²) in [7, 11) is 0. The third-order valence-electron chi connectivity index (χ3n) is 3.22. The molecule has 0 N–H and O–H groups in total. The maximum absolute atomic E-state index is 8.95. The molecule has 1 aromatic heterocycles. The Bertz CT molecular complexity index is 417. The Labute approximate surface area is 102 Å². The minimum absolute atomic E-state index is 0.164. The molecule has 1 saturated carbocycles. The van der Waals surface area contributed by atoms with E-state index in [-0.39, 0.29) is 6.10 Å². The highest BCUT2D eigenvalue weighted by molar-refractivity contribution is 5.35. The lowest BCUT2D eigenvalue weighted by atomic mass is 9.82. The number of ether oxygens (including phenoxy) is 1. The maximum atomic E-state index is 8.95. The fraction of sp³-hybridized carbons (Fsp3) is 0.615. The van der Waals surface area contributed by atoms with E-state index in [0.29, 0.717) is 23.3 Å². The van der Waals surface area contributed by atoms with Crippen molar-refractivity contribution in [3.8, 4) is 11.9 Å². The van der Waals surface area contributed by atoms with E-state index < -0.39 is 0 Å². The molecular weight excluding hydrogens is 214 g/mol. The molecule has 0 aliphatic heterocycles. The van der Waals surface area contributed by atoms with E-state index in [4.69, 9.17) is 10.00 Å². The first-order valence-corrected chi connectivity index (χ1v) is 6.07. The van der Waals surface area contributed by atoms with Crippen molar-refractivity contribution in [2.75, 3.05) is 0 Å². The van der Waals surface area contributed by atoms with Crippen LogP contribution in [0.15, 0.2) is 12.3 Å². The average molecular weight is 231 g/mol. The lowest BCUT2D eigenvalue weighted by Gasteiger charge is -2.31. The van der Waals surface area contributed by atoms with Crippen LogP contribution in [0.5, 0.6) is 5.88 Å². The van der Waals surface area contributed by atoms with Gasteiger partial charge in [-0.25, -0.2) is 0 Å². The molecule has 2 rings (SSSR count). The quantitative estimate of drug-likeness (QED) is 0.784. The zero-order chi connectivity index (χ0) is 12.3. The summed E-state index contributed by atoms with van der Waals surface area (Å²) in [5.41, 5.74) is 0.464. The molecule has 90 valence electrons. The second-order valence-electron chi connectivity index (χ2n) is 5.02. The van der Waals surface area contributed by atoms with Gasteiger partial charge in [-0.3, -0.25) is 0 Å². The van der Waals surface area contributed by atoms with Crippen LogP contribution in [0, 0.1) is 23.2 Å². The van der Waals surface area contributed by atoms with E-state index in [1.807, 2.05) is 0 Å². The fourth-order valence-corrected chi connectivity index (χ4v) is 2.62. The van der Waals surface area contributed by atoms with Crippen molar-refractivity contribution in [3.63, 3.8) is 0 Å². The first-order valence-electron chi connectivity index (χ1n) is 6.07. The molecule has 0 saturated heterocycles. The molecule has 2 unspecified atom stereocenters. The van der Waals surface area contributed by atoms with Crippen LogP contribution in [0.4, 0.5) is 0 Å². The molecule has 0 spiro atoms. The van der Waals surface area contributed by atoms with Crippen LogP contribution in [0.25, 0.3) is 0 Å². The molecule has 0 radical (unpaired) electrons. The van der Waals surface area contributed by atoms with Crippen molar-refractivity contribution in [1.82, 2.24) is 10.2 Å². The van der Waals surface area contributed by atoms with Crippen molar-refractivity contribution in [2.45, 2.75) is 39.2 Å². The van der Waals surface area contributed by atoms with E-state index in [1.54, 1.807) is 6.07 Å². The highest BCUT2D eigenvalue weighted by atomic mass is 16.5. The van der Waals surface area contributed by atoms with Crippen molar-refractivity contribution < 1.29 is 4.74 Å². The SMILES string of the molecule is CC1CC(C)CC(Oc2nnccc2C#N)C1. The maximum Gasteiger partial charge on any atom is 0.251 e. The van der Waals surface area contributed by atoms with Crippen LogP contribution in [0.2, 0.25) is 0 Å². The molecule has 0 bridgehead atoms. The van der Waals surface area contributed by atoms with Gasteiger partial charge in [0, 0.05) is 0 Å². The van der Waals surface area contributed by atoms with Gasteiger partial charge >= 0.3 is 0 Å². The van der Waals surface area contributed by atoms with E-state index >= 15 is 0 Å². The third kappa shape index (κ3) is 2.94. The largest absolute Gasteiger partial charge is 0.472 e. The van der Waals surface area contributed by atoms with Gasteiger partial charge in [0.15, 0.2) is 0 Å². The number of nitriles is 1. The van der Waals surface area contributed by atoms with Gasteiger partial charge in [-0.05, 0) is 37.2 Å². The molecular formula is C13H17N3O. The molecule has 0 aromatic carbocycles. The highest BCUT2D eigenvalue weighted by Crippen LogP contribution is 2.31. The Morgan fingerprint density at radius 2 is 2.00 bits per heavy atom. The highest BCUT2D eigenvalue weighted by Gasteiger charge is 2.26. The average Bonchev–Trinajstić information content (AvgIpc) is 2.28. The van der Waals surface area contributed by atoms with Gasteiger partial charge in [-0.15, -0.1) is 5.10 Å². The summed E-state index contributed by atoms with van der Waals surface area (Å²) in [4.78, 5) is 0. The number of hydrogen-bond acceptors (Lipinski definition) is 4. The van der Waals surface area contributed by atoms with Crippen LogP contribution in [-0.4, -0.2) is 16.3 Å². The second kappa shape index (κ2) is 5.13. The Morgan fingerprint density at radius 1 is 1.29 bits per heavy atom. The number of hydrogen-bond donors (Lipinski definition) is 0. The summed E-state index contributed by atoms with van der Waals surface area (Å²) >= 11 is 0.